The van der Waals surface area contributed by atoms with Crippen molar-refractivity contribution in [2.24, 2.45) is 0 Å². The van der Waals surface area contributed by atoms with Gasteiger partial charge in [0.25, 0.3) is 0 Å². The molecule has 20 heavy (non-hydrogen) atoms. The Morgan fingerprint density at radius 2 is 2.15 bits per heavy atom. The Labute approximate surface area is 119 Å². The normalized spacial score (nSPS) is 12.3. The van der Waals surface area contributed by atoms with Crippen molar-refractivity contribution in [3.8, 4) is 5.75 Å². The monoisotopic (exact) mass is 275 g/mol. The minimum atomic E-state index is 0.263. The second-order valence-electron chi connectivity index (χ2n) is 4.64. The molecule has 0 amide bonds. The number of para-hydroxylation sites is 1. The van der Waals surface area contributed by atoms with E-state index in [1.54, 1.807) is 14.0 Å². The highest BCUT2D eigenvalue weighted by atomic mass is 16.5. The van der Waals surface area contributed by atoms with Crippen molar-refractivity contribution in [2.75, 3.05) is 13.7 Å². The van der Waals surface area contributed by atoms with Gasteiger partial charge in [-0.2, -0.15) is 4.98 Å². The number of aromatic nitrogens is 2. The fourth-order valence-corrected chi connectivity index (χ4v) is 2.23. The van der Waals surface area contributed by atoms with E-state index in [-0.39, 0.29) is 6.04 Å². The van der Waals surface area contributed by atoms with Crippen LogP contribution in [-0.4, -0.2) is 23.8 Å². The molecular weight excluding hydrogens is 254 g/mol. The molecule has 1 heterocycles. The quantitative estimate of drug-likeness (QED) is 0.841. The van der Waals surface area contributed by atoms with Crippen molar-refractivity contribution < 1.29 is 9.26 Å². The van der Waals surface area contributed by atoms with Gasteiger partial charge in [0.05, 0.1) is 7.11 Å². The molecule has 1 unspecified atom stereocenters. The van der Waals surface area contributed by atoms with Gasteiger partial charge in [-0.15, -0.1) is 0 Å². The molecule has 5 heteroatoms. The van der Waals surface area contributed by atoms with Gasteiger partial charge >= 0.3 is 0 Å². The lowest BCUT2D eigenvalue weighted by Crippen LogP contribution is -2.24. The number of ether oxygens (including phenoxy) is 1. The first-order chi connectivity index (χ1) is 9.74. The summed E-state index contributed by atoms with van der Waals surface area (Å²) >= 11 is 0. The van der Waals surface area contributed by atoms with Crippen molar-refractivity contribution in [2.45, 2.75) is 32.7 Å². The molecule has 1 atom stereocenters. The molecule has 0 saturated carbocycles. The smallest absolute Gasteiger partial charge is 0.223 e. The van der Waals surface area contributed by atoms with E-state index >= 15 is 0 Å². The highest BCUT2D eigenvalue weighted by molar-refractivity contribution is 5.35. The first-order valence-corrected chi connectivity index (χ1v) is 6.90. The third kappa shape index (κ3) is 3.57. The van der Waals surface area contributed by atoms with E-state index < -0.39 is 0 Å². The predicted octanol–water partition coefficient (Wildman–Crippen LogP) is 2.67. The number of hydrogen-bond acceptors (Lipinski definition) is 5. The van der Waals surface area contributed by atoms with Crippen LogP contribution >= 0.6 is 0 Å². The summed E-state index contributed by atoms with van der Waals surface area (Å²) in [6.45, 7) is 4.76. The van der Waals surface area contributed by atoms with E-state index in [9.17, 15) is 0 Å². The van der Waals surface area contributed by atoms with E-state index in [1.165, 1.54) is 5.56 Å². The van der Waals surface area contributed by atoms with Crippen molar-refractivity contribution in [1.29, 1.82) is 0 Å². The Kier molecular flexibility index (Phi) is 5.12. The average Bonchev–Trinajstić information content (AvgIpc) is 2.89. The standard InChI is InChI=1S/C15H21N3O2/c1-4-13(12-7-5-6-8-14(12)19-3)16-10-9-15-17-11(2)20-18-15/h5-8,13,16H,4,9-10H2,1-3H3. The Balaban J connectivity index is 1.95. The lowest BCUT2D eigenvalue weighted by atomic mass is 10.0. The Bertz CT molecular complexity index is 539. The van der Waals surface area contributed by atoms with Crippen LogP contribution in [0.2, 0.25) is 0 Å². The summed E-state index contributed by atoms with van der Waals surface area (Å²) in [5.74, 6) is 2.27. The second-order valence-corrected chi connectivity index (χ2v) is 4.64. The fraction of sp³-hybridized carbons (Fsp3) is 0.467. The van der Waals surface area contributed by atoms with Gasteiger partial charge in [0, 0.05) is 31.5 Å². The van der Waals surface area contributed by atoms with Crippen molar-refractivity contribution in [1.82, 2.24) is 15.5 Å². The van der Waals surface area contributed by atoms with Crippen LogP contribution in [-0.2, 0) is 6.42 Å². The molecule has 5 nitrogen and oxygen atoms in total. The largest absolute Gasteiger partial charge is 0.496 e. The Morgan fingerprint density at radius 3 is 2.80 bits per heavy atom. The number of hydrogen-bond donors (Lipinski definition) is 1. The first-order valence-electron chi connectivity index (χ1n) is 6.90. The van der Waals surface area contributed by atoms with Crippen LogP contribution in [0.1, 0.15) is 36.7 Å². The maximum atomic E-state index is 5.42. The van der Waals surface area contributed by atoms with Gasteiger partial charge in [-0.1, -0.05) is 30.3 Å². The van der Waals surface area contributed by atoms with Crippen LogP contribution in [0.4, 0.5) is 0 Å². The van der Waals surface area contributed by atoms with Gasteiger partial charge in [-0.3, -0.25) is 0 Å². The molecule has 1 N–H and O–H groups in total. The number of benzene rings is 1. The van der Waals surface area contributed by atoms with Gasteiger partial charge in [0.15, 0.2) is 5.82 Å². The number of aryl methyl sites for hydroxylation is 1. The molecule has 0 radical (unpaired) electrons. The molecule has 0 aliphatic rings. The van der Waals surface area contributed by atoms with Crippen LogP contribution in [0.5, 0.6) is 5.75 Å². The third-order valence-electron chi connectivity index (χ3n) is 3.23. The zero-order valence-electron chi connectivity index (χ0n) is 12.2. The summed E-state index contributed by atoms with van der Waals surface area (Å²) in [6, 6.07) is 8.36. The summed E-state index contributed by atoms with van der Waals surface area (Å²) in [5, 5.41) is 7.41. The molecule has 2 rings (SSSR count). The van der Waals surface area contributed by atoms with E-state index in [0.717, 1.165) is 31.0 Å². The number of rotatable bonds is 7. The van der Waals surface area contributed by atoms with E-state index in [4.69, 9.17) is 9.26 Å². The van der Waals surface area contributed by atoms with Crippen molar-refractivity contribution in [3.05, 3.63) is 41.5 Å². The van der Waals surface area contributed by atoms with Crippen LogP contribution in [0, 0.1) is 6.92 Å². The lowest BCUT2D eigenvalue weighted by Gasteiger charge is -2.19. The van der Waals surface area contributed by atoms with Crippen LogP contribution in [0.15, 0.2) is 28.8 Å². The molecular formula is C15H21N3O2. The second kappa shape index (κ2) is 7.05. The zero-order chi connectivity index (χ0) is 14.4. The van der Waals surface area contributed by atoms with Crippen LogP contribution < -0.4 is 10.1 Å². The summed E-state index contributed by atoms with van der Waals surface area (Å²) in [4.78, 5) is 4.20. The summed E-state index contributed by atoms with van der Waals surface area (Å²) in [6.07, 6.45) is 1.74. The van der Waals surface area contributed by atoms with Gasteiger partial charge in [0.1, 0.15) is 5.75 Å². The van der Waals surface area contributed by atoms with Gasteiger partial charge in [0.2, 0.25) is 5.89 Å². The zero-order valence-corrected chi connectivity index (χ0v) is 12.2. The summed E-state index contributed by atoms with van der Waals surface area (Å²) in [7, 11) is 1.70. The first kappa shape index (κ1) is 14.5. The van der Waals surface area contributed by atoms with Crippen molar-refractivity contribution in [3.63, 3.8) is 0 Å². The molecule has 0 aliphatic carbocycles. The summed E-state index contributed by atoms with van der Waals surface area (Å²) in [5.41, 5.74) is 1.18. The summed E-state index contributed by atoms with van der Waals surface area (Å²) < 4.78 is 10.4. The third-order valence-corrected chi connectivity index (χ3v) is 3.23. The number of nitrogens with one attached hydrogen (secondary N) is 1. The SMILES string of the molecule is CCC(NCCc1noc(C)n1)c1ccccc1OC. The average molecular weight is 275 g/mol. The fourth-order valence-electron chi connectivity index (χ4n) is 2.23. The molecule has 2 aromatic rings. The number of methoxy groups -OCH3 is 1. The van der Waals surface area contributed by atoms with E-state index in [1.807, 2.05) is 18.2 Å². The molecule has 0 saturated heterocycles. The molecule has 108 valence electrons. The van der Waals surface area contributed by atoms with E-state index in [2.05, 4.69) is 28.4 Å². The van der Waals surface area contributed by atoms with Gasteiger partial charge in [-0.25, -0.2) is 0 Å². The van der Waals surface area contributed by atoms with E-state index in [0.29, 0.717) is 5.89 Å². The highest BCUT2D eigenvalue weighted by Gasteiger charge is 2.13. The molecule has 0 aliphatic heterocycles. The Hall–Kier alpha value is -1.88. The molecule has 0 spiro atoms. The Morgan fingerprint density at radius 1 is 1.35 bits per heavy atom. The van der Waals surface area contributed by atoms with Crippen LogP contribution in [0.25, 0.3) is 0 Å². The molecule has 0 bridgehead atoms. The lowest BCUT2D eigenvalue weighted by molar-refractivity contribution is 0.384. The van der Waals surface area contributed by atoms with Crippen LogP contribution in [0.3, 0.4) is 0 Å². The molecule has 1 aromatic heterocycles. The minimum absolute atomic E-state index is 0.263. The maximum Gasteiger partial charge on any atom is 0.223 e. The minimum Gasteiger partial charge on any atom is -0.496 e. The molecule has 0 fully saturated rings. The molecule has 1 aromatic carbocycles. The van der Waals surface area contributed by atoms with Gasteiger partial charge in [-0.05, 0) is 12.5 Å². The van der Waals surface area contributed by atoms with Gasteiger partial charge < -0.3 is 14.6 Å². The predicted molar refractivity (Wildman–Crippen MR) is 76.8 cm³/mol. The maximum absolute atomic E-state index is 5.42. The van der Waals surface area contributed by atoms with Crippen molar-refractivity contribution >= 4 is 0 Å². The topological polar surface area (TPSA) is 60.2 Å². The number of nitrogens with zero attached hydrogens (tertiary/aromatic N) is 2. The highest BCUT2D eigenvalue weighted by Crippen LogP contribution is 2.26.